The highest BCUT2D eigenvalue weighted by atomic mass is 16.5. The number of carbonyl (C=O) groups is 1. The average molecular weight is 372 g/mol. The lowest BCUT2D eigenvalue weighted by molar-refractivity contribution is 0.102. The normalized spacial score (nSPS) is 10.8. The van der Waals surface area contributed by atoms with Crippen LogP contribution in [0.3, 0.4) is 0 Å². The molecule has 28 heavy (non-hydrogen) atoms. The van der Waals surface area contributed by atoms with Gasteiger partial charge in [0.1, 0.15) is 11.3 Å². The fourth-order valence-corrected chi connectivity index (χ4v) is 2.96. The van der Waals surface area contributed by atoms with E-state index in [0.717, 1.165) is 23.1 Å². The van der Waals surface area contributed by atoms with E-state index < -0.39 is 0 Å². The molecule has 4 aromatic rings. The van der Waals surface area contributed by atoms with Gasteiger partial charge in [0.2, 0.25) is 5.89 Å². The van der Waals surface area contributed by atoms with E-state index in [0.29, 0.717) is 22.9 Å². The number of anilines is 1. The van der Waals surface area contributed by atoms with Gasteiger partial charge in [-0.25, -0.2) is 4.98 Å². The molecule has 1 amide bonds. The monoisotopic (exact) mass is 372 g/mol. The maximum atomic E-state index is 12.4. The number of aromatic nitrogens is 1. The van der Waals surface area contributed by atoms with Crippen molar-refractivity contribution in [3.05, 3.63) is 77.9 Å². The third-order valence-electron chi connectivity index (χ3n) is 4.60. The maximum absolute atomic E-state index is 12.4. The van der Waals surface area contributed by atoms with E-state index in [1.54, 1.807) is 31.4 Å². The van der Waals surface area contributed by atoms with Gasteiger partial charge in [-0.3, -0.25) is 4.79 Å². The molecule has 3 aromatic carbocycles. The molecule has 140 valence electrons. The predicted octanol–water partition coefficient (Wildman–Crippen LogP) is 5.32. The van der Waals surface area contributed by atoms with Crippen LogP contribution in [0.25, 0.3) is 22.6 Å². The van der Waals surface area contributed by atoms with Gasteiger partial charge in [0.15, 0.2) is 5.58 Å². The van der Waals surface area contributed by atoms with Gasteiger partial charge < -0.3 is 14.5 Å². The topological polar surface area (TPSA) is 64.4 Å². The molecule has 0 aliphatic carbocycles. The van der Waals surface area contributed by atoms with Crippen LogP contribution in [0.2, 0.25) is 0 Å². The number of hydrogen-bond donors (Lipinski definition) is 1. The molecule has 0 bridgehead atoms. The van der Waals surface area contributed by atoms with Gasteiger partial charge in [-0.2, -0.15) is 0 Å². The molecule has 1 heterocycles. The summed E-state index contributed by atoms with van der Waals surface area (Å²) in [6.45, 7) is 2.11. The van der Waals surface area contributed by atoms with Crippen LogP contribution in [0.1, 0.15) is 22.8 Å². The van der Waals surface area contributed by atoms with Crippen molar-refractivity contribution in [2.24, 2.45) is 0 Å². The Morgan fingerprint density at radius 1 is 1.04 bits per heavy atom. The maximum Gasteiger partial charge on any atom is 0.255 e. The van der Waals surface area contributed by atoms with Gasteiger partial charge in [-0.15, -0.1) is 0 Å². The van der Waals surface area contributed by atoms with Crippen LogP contribution < -0.4 is 10.1 Å². The Hall–Kier alpha value is -3.60. The zero-order valence-corrected chi connectivity index (χ0v) is 15.7. The molecule has 0 radical (unpaired) electrons. The molecule has 0 saturated carbocycles. The van der Waals surface area contributed by atoms with Gasteiger partial charge >= 0.3 is 0 Å². The van der Waals surface area contributed by atoms with Crippen molar-refractivity contribution in [2.45, 2.75) is 13.3 Å². The van der Waals surface area contributed by atoms with Gasteiger partial charge in [0.25, 0.3) is 5.91 Å². The molecular formula is C23H20N2O3. The number of aryl methyl sites for hydroxylation is 1. The van der Waals surface area contributed by atoms with Crippen molar-refractivity contribution in [1.82, 2.24) is 4.98 Å². The second-order valence-corrected chi connectivity index (χ2v) is 6.43. The molecule has 0 fully saturated rings. The molecule has 4 rings (SSSR count). The van der Waals surface area contributed by atoms with E-state index in [2.05, 4.69) is 23.3 Å². The lowest BCUT2D eigenvalue weighted by Crippen LogP contribution is -2.11. The number of ether oxygens (including phenoxy) is 1. The minimum absolute atomic E-state index is 0.177. The second kappa shape index (κ2) is 7.56. The van der Waals surface area contributed by atoms with Crippen molar-refractivity contribution < 1.29 is 13.9 Å². The number of methoxy groups -OCH3 is 1. The Morgan fingerprint density at radius 2 is 1.79 bits per heavy atom. The van der Waals surface area contributed by atoms with Gasteiger partial charge in [-0.1, -0.05) is 13.0 Å². The largest absolute Gasteiger partial charge is 0.497 e. The SMILES string of the molecule is CCc1ccc2oc(-c3ccc(NC(=O)c4ccc(OC)cc4)cc3)nc2c1. The van der Waals surface area contributed by atoms with Crippen LogP contribution in [-0.4, -0.2) is 18.0 Å². The predicted molar refractivity (Wildman–Crippen MR) is 110 cm³/mol. The zero-order chi connectivity index (χ0) is 19.5. The van der Waals surface area contributed by atoms with Gasteiger partial charge in [0.05, 0.1) is 7.11 Å². The highest BCUT2D eigenvalue weighted by Gasteiger charge is 2.10. The van der Waals surface area contributed by atoms with Crippen molar-refractivity contribution in [3.63, 3.8) is 0 Å². The number of benzene rings is 3. The number of rotatable bonds is 5. The first kappa shape index (κ1) is 17.8. The van der Waals surface area contributed by atoms with Crippen LogP contribution in [0.5, 0.6) is 5.75 Å². The fraction of sp³-hybridized carbons (Fsp3) is 0.130. The van der Waals surface area contributed by atoms with Crippen molar-refractivity contribution in [1.29, 1.82) is 0 Å². The first-order valence-corrected chi connectivity index (χ1v) is 9.11. The summed E-state index contributed by atoms with van der Waals surface area (Å²) >= 11 is 0. The highest BCUT2D eigenvalue weighted by molar-refractivity contribution is 6.04. The Balaban J connectivity index is 1.51. The quantitative estimate of drug-likeness (QED) is 0.515. The number of nitrogens with one attached hydrogen (secondary N) is 1. The lowest BCUT2D eigenvalue weighted by Gasteiger charge is -2.06. The van der Waals surface area contributed by atoms with E-state index in [4.69, 9.17) is 9.15 Å². The standard InChI is InChI=1S/C23H20N2O3/c1-3-15-4-13-21-20(14-15)25-23(28-21)17-5-9-18(10-6-17)24-22(26)16-7-11-19(27-2)12-8-16/h4-14H,3H2,1-2H3,(H,24,26). The van der Waals surface area contributed by atoms with Crippen LogP contribution in [0, 0.1) is 0 Å². The van der Waals surface area contributed by atoms with E-state index in [1.807, 2.05) is 36.4 Å². The summed E-state index contributed by atoms with van der Waals surface area (Å²) < 4.78 is 11.0. The third-order valence-corrected chi connectivity index (χ3v) is 4.60. The molecule has 0 aliphatic rings. The highest BCUT2D eigenvalue weighted by Crippen LogP contribution is 2.26. The van der Waals surface area contributed by atoms with Crippen molar-refractivity contribution in [3.8, 4) is 17.2 Å². The molecule has 0 atom stereocenters. The van der Waals surface area contributed by atoms with Gasteiger partial charge in [0, 0.05) is 16.8 Å². The molecule has 5 heteroatoms. The summed E-state index contributed by atoms with van der Waals surface area (Å²) in [5.74, 6) is 1.10. The number of amides is 1. The molecule has 1 aromatic heterocycles. The van der Waals surface area contributed by atoms with Crippen molar-refractivity contribution in [2.75, 3.05) is 12.4 Å². The summed E-state index contributed by atoms with van der Waals surface area (Å²) in [4.78, 5) is 16.9. The first-order chi connectivity index (χ1) is 13.7. The van der Waals surface area contributed by atoms with E-state index in [9.17, 15) is 4.79 Å². The van der Waals surface area contributed by atoms with Crippen LogP contribution in [-0.2, 0) is 6.42 Å². The molecule has 5 nitrogen and oxygen atoms in total. The number of nitrogens with zero attached hydrogens (tertiary/aromatic N) is 1. The van der Waals surface area contributed by atoms with Crippen LogP contribution >= 0.6 is 0 Å². The Morgan fingerprint density at radius 3 is 2.46 bits per heavy atom. The Labute approximate surface area is 163 Å². The number of carbonyl (C=O) groups excluding carboxylic acids is 1. The summed E-state index contributed by atoms with van der Waals surface area (Å²) in [5.41, 5.74) is 4.97. The zero-order valence-electron chi connectivity index (χ0n) is 15.7. The van der Waals surface area contributed by atoms with Crippen LogP contribution in [0.4, 0.5) is 5.69 Å². The number of hydrogen-bond acceptors (Lipinski definition) is 4. The summed E-state index contributed by atoms with van der Waals surface area (Å²) in [7, 11) is 1.59. The smallest absolute Gasteiger partial charge is 0.255 e. The second-order valence-electron chi connectivity index (χ2n) is 6.43. The van der Waals surface area contributed by atoms with E-state index in [-0.39, 0.29) is 5.91 Å². The molecule has 0 aliphatic heterocycles. The Bertz CT molecular complexity index is 1110. The van der Waals surface area contributed by atoms with Gasteiger partial charge in [-0.05, 0) is 72.6 Å². The average Bonchev–Trinajstić information content (AvgIpc) is 3.17. The minimum atomic E-state index is -0.177. The number of fused-ring (bicyclic) bond motifs is 1. The summed E-state index contributed by atoms with van der Waals surface area (Å²) in [6, 6.07) is 20.5. The van der Waals surface area contributed by atoms with Crippen molar-refractivity contribution >= 4 is 22.7 Å². The van der Waals surface area contributed by atoms with E-state index in [1.165, 1.54) is 5.56 Å². The molecule has 0 saturated heterocycles. The third kappa shape index (κ3) is 3.60. The van der Waals surface area contributed by atoms with Crippen LogP contribution in [0.15, 0.2) is 71.1 Å². The Kier molecular flexibility index (Phi) is 4.81. The molecular weight excluding hydrogens is 352 g/mol. The minimum Gasteiger partial charge on any atom is -0.497 e. The first-order valence-electron chi connectivity index (χ1n) is 9.11. The number of oxazole rings is 1. The fourth-order valence-electron chi connectivity index (χ4n) is 2.96. The van der Waals surface area contributed by atoms with E-state index >= 15 is 0 Å². The molecule has 0 unspecified atom stereocenters. The summed E-state index contributed by atoms with van der Waals surface area (Å²) in [6.07, 6.45) is 0.959. The summed E-state index contributed by atoms with van der Waals surface area (Å²) in [5, 5.41) is 2.89. The molecule has 0 spiro atoms. The molecule has 1 N–H and O–H groups in total. The lowest BCUT2D eigenvalue weighted by atomic mass is 10.1.